The lowest BCUT2D eigenvalue weighted by Gasteiger charge is -2.40. The Morgan fingerprint density at radius 2 is 1.50 bits per heavy atom. The summed E-state index contributed by atoms with van der Waals surface area (Å²) in [4.78, 5) is 15.9. The molecule has 1 heterocycles. The molecule has 0 spiro atoms. The number of ketones is 1. The molecule has 138 valence electrons. The van der Waals surface area contributed by atoms with E-state index in [0.29, 0.717) is 12.5 Å². The zero-order valence-corrected chi connectivity index (χ0v) is 15.9. The Balaban J connectivity index is 2.06. The van der Waals surface area contributed by atoms with Crippen LogP contribution >= 0.6 is 0 Å². The minimum atomic E-state index is -0.602. The number of benzene rings is 2. The molecule has 0 aromatic heterocycles. The highest BCUT2D eigenvalue weighted by Gasteiger charge is 2.42. The van der Waals surface area contributed by atoms with Gasteiger partial charge in [-0.15, -0.1) is 0 Å². The number of rotatable bonds is 7. The van der Waals surface area contributed by atoms with Gasteiger partial charge in [0.25, 0.3) is 0 Å². The molecule has 1 fully saturated rings. The second kappa shape index (κ2) is 8.61. The molecule has 0 radical (unpaired) electrons. The summed E-state index contributed by atoms with van der Waals surface area (Å²) in [6.07, 6.45) is 1.31. The van der Waals surface area contributed by atoms with Crippen LogP contribution in [-0.2, 0) is 14.9 Å². The molecule has 26 heavy (non-hydrogen) atoms. The summed E-state index contributed by atoms with van der Waals surface area (Å²) in [5, 5.41) is 0. The Kier molecular flexibility index (Phi) is 6.23. The third kappa shape index (κ3) is 3.74. The van der Waals surface area contributed by atoms with Crippen LogP contribution in [0.5, 0.6) is 0 Å². The van der Waals surface area contributed by atoms with E-state index >= 15 is 0 Å². The highest BCUT2D eigenvalue weighted by atomic mass is 16.5. The van der Waals surface area contributed by atoms with Crippen molar-refractivity contribution < 1.29 is 9.53 Å². The third-order valence-electron chi connectivity index (χ3n) is 5.60. The molecule has 3 nitrogen and oxygen atoms in total. The van der Waals surface area contributed by atoms with Gasteiger partial charge in [0.1, 0.15) is 5.78 Å². The third-order valence-corrected chi connectivity index (χ3v) is 5.60. The zero-order chi connectivity index (χ0) is 18.4. The molecule has 0 saturated carbocycles. The maximum absolute atomic E-state index is 13.4. The minimum absolute atomic E-state index is 0.287. The lowest BCUT2D eigenvalue weighted by atomic mass is 9.67. The van der Waals surface area contributed by atoms with Crippen LogP contribution in [0.2, 0.25) is 0 Å². The van der Waals surface area contributed by atoms with Gasteiger partial charge in [0.05, 0.1) is 18.6 Å². The fourth-order valence-electron chi connectivity index (χ4n) is 4.18. The van der Waals surface area contributed by atoms with Crippen LogP contribution < -0.4 is 0 Å². The molecule has 0 amide bonds. The van der Waals surface area contributed by atoms with Crippen LogP contribution in [0.1, 0.15) is 37.8 Å². The van der Waals surface area contributed by atoms with Gasteiger partial charge in [-0.05, 0) is 24.5 Å². The molecule has 3 rings (SSSR count). The summed E-state index contributed by atoms with van der Waals surface area (Å²) >= 11 is 0. The summed E-state index contributed by atoms with van der Waals surface area (Å²) in [5.41, 5.74) is 1.59. The minimum Gasteiger partial charge on any atom is -0.379 e. The fourth-order valence-corrected chi connectivity index (χ4v) is 4.18. The van der Waals surface area contributed by atoms with Gasteiger partial charge in [-0.2, -0.15) is 0 Å². The summed E-state index contributed by atoms with van der Waals surface area (Å²) < 4.78 is 5.51. The van der Waals surface area contributed by atoms with Crippen molar-refractivity contribution in [3.05, 3.63) is 71.8 Å². The number of Topliss-reactive ketones (excluding diaryl/α,β-unsaturated/α-hetero) is 1. The number of ether oxygens (including phenoxy) is 1. The standard InChI is InChI=1S/C23H29NO2/c1-3-22(25)23(20-10-6-4-7-11-20,21-12-8-5-9-13-21)18-19(2)24-14-16-26-17-15-24/h4-13,19H,3,14-18H2,1-2H3/t19-/m0/s1. The molecular weight excluding hydrogens is 322 g/mol. The second-order valence-corrected chi connectivity index (χ2v) is 7.12. The van der Waals surface area contributed by atoms with E-state index < -0.39 is 5.41 Å². The fraction of sp³-hybridized carbons (Fsp3) is 0.435. The summed E-state index contributed by atoms with van der Waals surface area (Å²) in [5.74, 6) is 0.287. The van der Waals surface area contributed by atoms with E-state index in [-0.39, 0.29) is 5.78 Å². The molecule has 0 aliphatic carbocycles. The Bertz CT molecular complexity index is 653. The van der Waals surface area contributed by atoms with Crippen LogP contribution in [-0.4, -0.2) is 43.0 Å². The largest absolute Gasteiger partial charge is 0.379 e. The lowest BCUT2D eigenvalue weighted by Crippen LogP contribution is -2.48. The quantitative estimate of drug-likeness (QED) is 0.753. The van der Waals surface area contributed by atoms with E-state index in [1.807, 2.05) is 43.3 Å². The summed E-state index contributed by atoms with van der Waals surface area (Å²) in [6, 6.07) is 20.9. The maximum atomic E-state index is 13.4. The van der Waals surface area contributed by atoms with Crippen molar-refractivity contribution in [2.45, 2.75) is 38.1 Å². The SMILES string of the molecule is CCC(=O)C(C[C@H](C)N1CCOCC1)(c1ccccc1)c1ccccc1. The Labute approximate surface area is 157 Å². The molecule has 3 heteroatoms. The van der Waals surface area contributed by atoms with Gasteiger partial charge in [0, 0.05) is 25.6 Å². The number of nitrogens with zero attached hydrogens (tertiary/aromatic N) is 1. The first-order valence-electron chi connectivity index (χ1n) is 9.64. The molecular formula is C23H29NO2. The predicted octanol–water partition coefficient (Wildman–Crippen LogP) is 4.06. The van der Waals surface area contributed by atoms with Gasteiger partial charge in [-0.1, -0.05) is 67.6 Å². The average Bonchev–Trinajstić information content (AvgIpc) is 2.73. The number of carbonyl (C=O) groups excluding carboxylic acids is 1. The van der Waals surface area contributed by atoms with E-state index in [9.17, 15) is 4.79 Å². The van der Waals surface area contributed by atoms with Crippen molar-refractivity contribution in [2.75, 3.05) is 26.3 Å². The van der Waals surface area contributed by atoms with E-state index in [1.165, 1.54) is 0 Å². The molecule has 0 bridgehead atoms. The summed E-state index contributed by atoms with van der Waals surface area (Å²) in [6.45, 7) is 7.63. The monoisotopic (exact) mass is 351 g/mol. The van der Waals surface area contributed by atoms with Crippen LogP contribution in [0.15, 0.2) is 60.7 Å². The first-order valence-corrected chi connectivity index (χ1v) is 9.64. The predicted molar refractivity (Wildman–Crippen MR) is 105 cm³/mol. The first kappa shape index (κ1) is 18.8. The van der Waals surface area contributed by atoms with E-state index in [0.717, 1.165) is 43.9 Å². The Hall–Kier alpha value is -1.97. The molecule has 1 atom stereocenters. The van der Waals surface area contributed by atoms with Crippen LogP contribution in [0.25, 0.3) is 0 Å². The van der Waals surface area contributed by atoms with Crippen LogP contribution in [0, 0.1) is 0 Å². The van der Waals surface area contributed by atoms with Crippen LogP contribution in [0.3, 0.4) is 0 Å². The van der Waals surface area contributed by atoms with Crippen molar-refractivity contribution in [2.24, 2.45) is 0 Å². The Morgan fingerprint density at radius 1 is 1.00 bits per heavy atom. The smallest absolute Gasteiger partial charge is 0.147 e. The zero-order valence-electron chi connectivity index (χ0n) is 15.9. The topological polar surface area (TPSA) is 29.5 Å². The Morgan fingerprint density at radius 3 is 1.96 bits per heavy atom. The number of carbonyl (C=O) groups is 1. The normalized spacial score (nSPS) is 17.0. The van der Waals surface area contributed by atoms with Crippen molar-refractivity contribution >= 4 is 5.78 Å². The van der Waals surface area contributed by atoms with Gasteiger partial charge in [-0.25, -0.2) is 0 Å². The van der Waals surface area contributed by atoms with Crippen molar-refractivity contribution in [3.63, 3.8) is 0 Å². The summed E-state index contributed by atoms with van der Waals surface area (Å²) in [7, 11) is 0. The first-order chi connectivity index (χ1) is 12.7. The molecule has 2 aromatic rings. The lowest BCUT2D eigenvalue weighted by molar-refractivity contribution is -0.123. The van der Waals surface area contributed by atoms with E-state index in [2.05, 4.69) is 36.1 Å². The molecule has 1 aliphatic rings. The van der Waals surface area contributed by atoms with Gasteiger partial charge < -0.3 is 4.74 Å². The molecule has 2 aromatic carbocycles. The van der Waals surface area contributed by atoms with Crippen molar-refractivity contribution in [1.29, 1.82) is 0 Å². The van der Waals surface area contributed by atoms with Gasteiger partial charge in [0.15, 0.2) is 0 Å². The van der Waals surface area contributed by atoms with E-state index in [4.69, 9.17) is 4.74 Å². The van der Waals surface area contributed by atoms with Gasteiger partial charge in [0.2, 0.25) is 0 Å². The number of hydrogen-bond donors (Lipinski definition) is 0. The average molecular weight is 351 g/mol. The van der Waals surface area contributed by atoms with Gasteiger partial charge >= 0.3 is 0 Å². The number of hydrogen-bond acceptors (Lipinski definition) is 3. The van der Waals surface area contributed by atoms with Crippen LogP contribution in [0.4, 0.5) is 0 Å². The maximum Gasteiger partial charge on any atom is 0.147 e. The molecule has 1 saturated heterocycles. The van der Waals surface area contributed by atoms with E-state index in [1.54, 1.807) is 0 Å². The highest BCUT2D eigenvalue weighted by molar-refractivity contribution is 5.93. The van der Waals surface area contributed by atoms with Crippen molar-refractivity contribution in [3.8, 4) is 0 Å². The molecule has 1 aliphatic heterocycles. The molecule has 0 N–H and O–H groups in total. The number of morpholine rings is 1. The molecule has 0 unspecified atom stereocenters. The van der Waals surface area contributed by atoms with Gasteiger partial charge in [-0.3, -0.25) is 9.69 Å². The highest BCUT2D eigenvalue weighted by Crippen LogP contribution is 2.39. The van der Waals surface area contributed by atoms with Crippen molar-refractivity contribution in [1.82, 2.24) is 4.90 Å². The second-order valence-electron chi connectivity index (χ2n) is 7.12.